The largest absolute Gasteiger partial charge is 0.295 e. The molecule has 3 atom stereocenters. The van der Waals surface area contributed by atoms with E-state index in [-0.39, 0.29) is 4.90 Å². The molecule has 114 valence electrons. The molecule has 0 heterocycles. The van der Waals surface area contributed by atoms with E-state index in [0.29, 0.717) is 26.1 Å². The van der Waals surface area contributed by atoms with E-state index >= 15 is 0 Å². The van der Waals surface area contributed by atoms with Gasteiger partial charge in [0.25, 0.3) is 10.1 Å². The second-order valence-corrected chi connectivity index (χ2v) is 8.70. The van der Waals surface area contributed by atoms with Crippen LogP contribution in [-0.2, 0) is 10.1 Å². The Morgan fingerprint density at radius 2 is 1.80 bits per heavy atom. The van der Waals surface area contributed by atoms with Crippen LogP contribution in [0.15, 0.2) is 29.2 Å². The van der Waals surface area contributed by atoms with E-state index in [0.717, 1.165) is 18.1 Å². The summed E-state index contributed by atoms with van der Waals surface area (Å²) in [5.41, 5.74) is 0.461. The molecule has 1 aromatic carbocycles. The second kappa shape index (κ2) is 7.53. The third-order valence-corrected chi connectivity index (χ3v) is 6.58. The highest BCUT2D eigenvalue weighted by Crippen LogP contribution is 2.34. The zero-order valence-electron chi connectivity index (χ0n) is 12.6. The van der Waals surface area contributed by atoms with Crippen LogP contribution in [0.1, 0.15) is 40.5 Å². The van der Waals surface area contributed by atoms with Crippen molar-refractivity contribution in [2.24, 2.45) is 11.8 Å². The van der Waals surface area contributed by atoms with Gasteiger partial charge in [0.05, 0.1) is 0 Å². The number of hydrogen-bond donors (Lipinski definition) is 1. The molecule has 0 fully saturated rings. The Morgan fingerprint density at radius 3 is 2.30 bits per heavy atom. The Morgan fingerprint density at radius 1 is 1.20 bits per heavy atom. The summed E-state index contributed by atoms with van der Waals surface area (Å²) < 4.78 is 32.3. The predicted octanol–water partition coefficient (Wildman–Crippen LogP) is 3.70. The van der Waals surface area contributed by atoms with Crippen molar-refractivity contribution in [2.45, 2.75) is 51.1 Å². The minimum absolute atomic E-state index is 0.0652. The highest BCUT2D eigenvalue weighted by atomic mass is 32.2. The van der Waals surface area contributed by atoms with Crippen LogP contribution in [0, 0.1) is 11.8 Å². The summed E-state index contributed by atoms with van der Waals surface area (Å²) in [6, 6.07) is 6.79. The van der Waals surface area contributed by atoms with Gasteiger partial charge in [0.2, 0.25) is 0 Å². The minimum atomic E-state index is -4.13. The molecule has 3 unspecified atom stereocenters. The van der Waals surface area contributed by atoms with Crippen molar-refractivity contribution in [3.8, 4) is 0 Å². The molecule has 0 aliphatic heterocycles. The first-order valence-electron chi connectivity index (χ1n) is 7.08. The Bertz CT molecular complexity index is 526. The Labute approximate surface area is 124 Å². The SMILES string of the molecule is CCC(C)C(CC(C)C)Pc1ccccc1S(=O)(=O)O. The third-order valence-electron chi connectivity index (χ3n) is 3.56. The van der Waals surface area contributed by atoms with Crippen LogP contribution < -0.4 is 5.30 Å². The first-order valence-corrected chi connectivity index (χ1v) is 9.60. The van der Waals surface area contributed by atoms with Crippen molar-refractivity contribution in [3.63, 3.8) is 0 Å². The molecule has 0 amide bonds. The maximum Gasteiger partial charge on any atom is 0.295 e. The average Bonchev–Trinajstić information content (AvgIpc) is 2.36. The molecule has 5 heteroatoms. The smallest absolute Gasteiger partial charge is 0.282 e. The van der Waals surface area contributed by atoms with Crippen molar-refractivity contribution in [2.75, 3.05) is 0 Å². The number of benzene rings is 1. The molecule has 0 radical (unpaired) electrons. The van der Waals surface area contributed by atoms with Gasteiger partial charge in [-0.05, 0) is 35.3 Å². The van der Waals surface area contributed by atoms with Crippen LogP contribution in [0.25, 0.3) is 0 Å². The van der Waals surface area contributed by atoms with Gasteiger partial charge in [0.15, 0.2) is 0 Å². The van der Waals surface area contributed by atoms with Gasteiger partial charge in [0.1, 0.15) is 4.90 Å². The molecular weight excluding hydrogens is 291 g/mol. The molecule has 20 heavy (non-hydrogen) atoms. The summed E-state index contributed by atoms with van der Waals surface area (Å²) in [5.74, 6) is 1.13. The van der Waals surface area contributed by atoms with Crippen molar-refractivity contribution in [1.29, 1.82) is 0 Å². The van der Waals surface area contributed by atoms with Gasteiger partial charge >= 0.3 is 0 Å². The van der Waals surface area contributed by atoms with Gasteiger partial charge in [-0.15, -0.1) is 0 Å². The normalized spacial score (nSPS) is 15.9. The molecule has 0 saturated heterocycles. The minimum Gasteiger partial charge on any atom is -0.282 e. The summed E-state index contributed by atoms with van der Waals surface area (Å²) >= 11 is 0. The highest BCUT2D eigenvalue weighted by Gasteiger charge is 2.22. The maximum absolute atomic E-state index is 11.5. The van der Waals surface area contributed by atoms with Crippen molar-refractivity contribution < 1.29 is 13.0 Å². The summed E-state index contributed by atoms with van der Waals surface area (Å²) in [6.45, 7) is 8.76. The highest BCUT2D eigenvalue weighted by molar-refractivity contribution is 7.86. The zero-order valence-corrected chi connectivity index (χ0v) is 14.4. The summed E-state index contributed by atoms with van der Waals surface area (Å²) in [6.07, 6.45) is 2.16. The second-order valence-electron chi connectivity index (χ2n) is 5.74. The molecular formula is C15H25O3PS. The van der Waals surface area contributed by atoms with Gasteiger partial charge in [-0.2, -0.15) is 8.42 Å². The molecule has 1 rings (SSSR count). The van der Waals surface area contributed by atoms with Gasteiger partial charge in [-0.3, -0.25) is 4.55 Å². The Hall–Kier alpha value is -0.440. The predicted molar refractivity (Wildman–Crippen MR) is 86.9 cm³/mol. The Balaban J connectivity index is 3.05. The van der Waals surface area contributed by atoms with Crippen molar-refractivity contribution in [3.05, 3.63) is 24.3 Å². The van der Waals surface area contributed by atoms with Crippen LogP contribution in [-0.4, -0.2) is 18.6 Å². The fourth-order valence-electron chi connectivity index (χ4n) is 2.24. The lowest BCUT2D eigenvalue weighted by Crippen LogP contribution is -2.20. The van der Waals surface area contributed by atoms with Crippen molar-refractivity contribution in [1.82, 2.24) is 0 Å². The summed E-state index contributed by atoms with van der Waals surface area (Å²) in [5, 5.41) is 0.751. The maximum atomic E-state index is 11.5. The summed E-state index contributed by atoms with van der Waals surface area (Å²) in [4.78, 5) is 0.0652. The van der Waals surface area contributed by atoms with Crippen LogP contribution in [0.2, 0.25) is 0 Å². The quantitative estimate of drug-likeness (QED) is 0.616. The molecule has 0 saturated carbocycles. The van der Waals surface area contributed by atoms with Crippen LogP contribution in [0.3, 0.4) is 0 Å². The molecule has 0 bridgehead atoms. The van der Waals surface area contributed by atoms with Crippen LogP contribution >= 0.6 is 8.58 Å². The molecule has 1 aromatic rings. The van der Waals surface area contributed by atoms with E-state index in [1.54, 1.807) is 6.07 Å². The summed E-state index contributed by atoms with van der Waals surface area (Å²) in [7, 11) is -3.72. The van der Waals surface area contributed by atoms with E-state index < -0.39 is 10.1 Å². The van der Waals surface area contributed by atoms with Crippen LogP contribution in [0.5, 0.6) is 0 Å². The topological polar surface area (TPSA) is 54.4 Å². The lowest BCUT2D eigenvalue weighted by atomic mass is 9.97. The first-order chi connectivity index (χ1) is 9.25. The van der Waals surface area contributed by atoms with E-state index in [9.17, 15) is 13.0 Å². The van der Waals surface area contributed by atoms with Crippen molar-refractivity contribution >= 4 is 24.0 Å². The zero-order chi connectivity index (χ0) is 15.3. The third kappa shape index (κ3) is 5.16. The molecule has 0 spiro atoms. The van der Waals surface area contributed by atoms with E-state index in [2.05, 4.69) is 27.7 Å². The number of hydrogen-bond acceptors (Lipinski definition) is 2. The molecule has 0 aliphatic carbocycles. The van der Waals surface area contributed by atoms with Gasteiger partial charge in [-0.1, -0.05) is 60.9 Å². The van der Waals surface area contributed by atoms with Gasteiger partial charge in [-0.25, -0.2) is 0 Å². The van der Waals surface area contributed by atoms with E-state index in [4.69, 9.17) is 0 Å². The molecule has 1 N–H and O–H groups in total. The van der Waals surface area contributed by atoms with Gasteiger partial charge in [0, 0.05) is 0 Å². The van der Waals surface area contributed by atoms with Crippen LogP contribution in [0.4, 0.5) is 0 Å². The lowest BCUT2D eigenvalue weighted by molar-refractivity contribution is 0.453. The Kier molecular flexibility index (Phi) is 6.63. The van der Waals surface area contributed by atoms with E-state index in [1.165, 1.54) is 6.07 Å². The standard InChI is InChI=1S/C15H25O3PS/c1-5-12(4)14(10-11(2)3)19-13-8-6-7-9-15(13)20(16,17)18/h6-9,11-12,14,19H,5,10H2,1-4H3,(H,16,17,18). The lowest BCUT2D eigenvalue weighted by Gasteiger charge is -2.25. The monoisotopic (exact) mass is 316 g/mol. The average molecular weight is 316 g/mol. The molecule has 0 aliphatic rings. The fourth-order valence-corrected chi connectivity index (χ4v) is 5.32. The fraction of sp³-hybridized carbons (Fsp3) is 0.600. The number of rotatable bonds is 7. The van der Waals surface area contributed by atoms with E-state index in [1.807, 2.05) is 12.1 Å². The molecule has 3 nitrogen and oxygen atoms in total. The van der Waals surface area contributed by atoms with Gasteiger partial charge < -0.3 is 0 Å². The molecule has 0 aromatic heterocycles. The first kappa shape index (κ1) is 17.6.